The van der Waals surface area contributed by atoms with E-state index in [4.69, 9.17) is 25.1 Å². The number of nitrogen functional groups attached to an aromatic ring is 1. The molecule has 6 N–H and O–H groups in total. The van der Waals surface area contributed by atoms with E-state index >= 15 is 0 Å². The van der Waals surface area contributed by atoms with Gasteiger partial charge in [-0.25, -0.2) is 4.98 Å². The number of anilines is 2. The van der Waals surface area contributed by atoms with E-state index in [1.807, 2.05) is 17.2 Å². The summed E-state index contributed by atoms with van der Waals surface area (Å²) in [5.74, 6) is 0.179. The molecule has 3 aromatic rings. The van der Waals surface area contributed by atoms with Gasteiger partial charge in [-0.3, -0.25) is 24.1 Å². The normalized spacial score (nSPS) is 13.2. The van der Waals surface area contributed by atoms with Crippen molar-refractivity contribution in [3.05, 3.63) is 41.6 Å². The molecule has 17 nitrogen and oxygen atoms in total. The molecule has 2 aromatic heterocycles. The lowest BCUT2D eigenvalue weighted by Crippen LogP contribution is -2.48. The molecule has 0 radical (unpaired) electrons. The first-order chi connectivity index (χ1) is 26.7. The van der Waals surface area contributed by atoms with Gasteiger partial charge < -0.3 is 50.5 Å². The average Bonchev–Trinajstić information content (AvgIpc) is 3.57. The van der Waals surface area contributed by atoms with Crippen molar-refractivity contribution in [2.75, 3.05) is 90.4 Å². The maximum atomic E-state index is 12.8. The van der Waals surface area contributed by atoms with Gasteiger partial charge in [0.05, 0.1) is 58.4 Å². The van der Waals surface area contributed by atoms with Crippen molar-refractivity contribution in [1.29, 1.82) is 0 Å². The summed E-state index contributed by atoms with van der Waals surface area (Å²) in [6, 6.07) is 8.29. The van der Waals surface area contributed by atoms with E-state index in [1.165, 1.54) is 0 Å². The summed E-state index contributed by atoms with van der Waals surface area (Å²) >= 11 is 0. The lowest BCUT2D eigenvalue weighted by atomic mass is 10.1. The highest BCUT2D eigenvalue weighted by atomic mass is 16.5. The Morgan fingerprint density at radius 2 is 1.58 bits per heavy atom. The number of nitrogens with one attached hydrogen (secondary N) is 3. The molecular formula is C38H57N9O8. The third kappa shape index (κ3) is 14.6. The molecule has 1 aliphatic rings. The number of carbonyl (C=O) groups is 4. The van der Waals surface area contributed by atoms with Crippen LogP contribution in [0, 0.1) is 0 Å². The molecule has 55 heavy (non-hydrogen) atoms. The molecule has 0 unspecified atom stereocenters. The number of unbranched alkanes of at least 4 members (excludes halogenated alkanes) is 2. The molecule has 1 saturated heterocycles. The maximum Gasteiger partial charge on any atom is 0.303 e. The highest BCUT2D eigenvalue weighted by Gasteiger charge is 2.21. The molecule has 0 atom stereocenters. The lowest BCUT2D eigenvalue weighted by molar-refractivity contribution is -0.139. The maximum absolute atomic E-state index is 12.8. The Hall–Kier alpha value is -5.00. The van der Waals surface area contributed by atoms with Crippen molar-refractivity contribution < 1.29 is 38.5 Å². The van der Waals surface area contributed by atoms with Crippen molar-refractivity contribution >= 4 is 46.5 Å². The number of nitrogens with zero attached hydrogens (tertiary/aromatic N) is 5. The summed E-state index contributed by atoms with van der Waals surface area (Å²) in [5, 5.41) is 17.2. The molecule has 0 aliphatic carbocycles. The van der Waals surface area contributed by atoms with Crippen molar-refractivity contribution in [2.45, 2.75) is 65.0 Å². The quantitative estimate of drug-likeness (QED) is 0.0784. The number of carbonyl (C=O) groups excluding carboxylic acids is 3. The summed E-state index contributed by atoms with van der Waals surface area (Å²) < 4.78 is 19.0. The van der Waals surface area contributed by atoms with Gasteiger partial charge in [0.2, 0.25) is 23.7 Å². The molecule has 4 rings (SSSR count). The summed E-state index contributed by atoms with van der Waals surface area (Å²) in [5.41, 5.74) is 9.90. The second-order valence-corrected chi connectivity index (χ2v) is 13.4. The number of aliphatic carboxylic acids is 1. The van der Waals surface area contributed by atoms with Crippen LogP contribution >= 0.6 is 0 Å². The molecule has 0 bridgehead atoms. The Bertz CT molecular complexity index is 1690. The third-order valence-electron chi connectivity index (χ3n) is 9.16. The zero-order chi connectivity index (χ0) is 39.4. The Labute approximate surface area is 322 Å². The van der Waals surface area contributed by atoms with E-state index in [2.05, 4.69) is 60.5 Å². The van der Waals surface area contributed by atoms with E-state index in [9.17, 15) is 19.2 Å². The predicted octanol–water partition coefficient (Wildman–Crippen LogP) is 2.23. The number of carboxylic acid groups (broad SMARTS) is 1. The number of rotatable bonds is 25. The van der Waals surface area contributed by atoms with Gasteiger partial charge in [0.1, 0.15) is 11.3 Å². The zero-order valence-electron chi connectivity index (χ0n) is 32.1. The minimum atomic E-state index is -1.04. The number of fused-ring (bicyclic) bond motifs is 1. The second kappa shape index (κ2) is 23.0. The molecule has 302 valence electrons. The SMILES string of the molecule is CCCCCNc1nc(N)nc2ccn(Cc3ccc(CN4CCN(C(=O)CCOCCOCCNC(=O)CCNC(=O)CCC(=O)O)CC4)cc3OC)c12. The summed E-state index contributed by atoms with van der Waals surface area (Å²) in [4.78, 5) is 59.7. The average molecular weight is 768 g/mol. The first-order valence-electron chi connectivity index (χ1n) is 19.1. The number of benzene rings is 1. The summed E-state index contributed by atoms with van der Waals surface area (Å²) in [6.45, 7) is 8.92. The number of amides is 3. The van der Waals surface area contributed by atoms with Gasteiger partial charge in [0.15, 0.2) is 5.82 Å². The smallest absolute Gasteiger partial charge is 0.303 e. The number of piperazine rings is 1. The molecule has 1 aliphatic heterocycles. The van der Waals surface area contributed by atoms with Gasteiger partial charge in [0, 0.05) is 77.0 Å². The predicted molar refractivity (Wildman–Crippen MR) is 208 cm³/mol. The van der Waals surface area contributed by atoms with E-state index < -0.39 is 11.9 Å². The van der Waals surface area contributed by atoms with Gasteiger partial charge in [0.25, 0.3) is 0 Å². The van der Waals surface area contributed by atoms with Crippen LogP contribution in [0.4, 0.5) is 11.8 Å². The third-order valence-corrected chi connectivity index (χ3v) is 9.16. The molecule has 1 fully saturated rings. The molecule has 17 heteroatoms. The Morgan fingerprint density at radius 1 is 0.836 bits per heavy atom. The summed E-state index contributed by atoms with van der Waals surface area (Å²) in [7, 11) is 1.69. The number of carboxylic acids is 1. The fourth-order valence-corrected chi connectivity index (χ4v) is 6.19. The fourth-order valence-electron chi connectivity index (χ4n) is 6.19. The summed E-state index contributed by atoms with van der Waals surface area (Å²) in [6.07, 6.45) is 5.38. The Morgan fingerprint density at radius 3 is 2.33 bits per heavy atom. The number of hydrogen-bond acceptors (Lipinski definition) is 12. The fraction of sp³-hybridized carbons (Fsp3) is 0.579. The van der Waals surface area contributed by atoms with Crippen LogP contribution < -0.4 is 26.4 Å². The van der Waals surface area contributed by atoms with Gasteiger partial charge >= 0.3 is 5.97 Å². The van der Waals surface area contributed by atoms with E-state index in [-0.39, 0.29) is 43.6 Å². The first-order valence-corrected chi connectivity index (χ1v) is 19.1. The highest BCUT2D eigenvalue weighted by molar-refractivity contribution is 5.87. The topological polar surface area (TPSA) is 215 Å². The van der Waals surface area contributed by atoms with Crippen LogP contribution in [-0.2, 0) is 41.7 Å². The van der Waals surface area contributed by atoms with Crippen LogP contribution in [0.1, 0.15) is 63.0 Å². The van der Waals surface area contributed by atoms with Gasteiger partial charge in [-0.2, -0.15) is 4.98 Å². The van der Waals surface area contributed by atoms with Crippen LogP contribution in [-0.4, -0.2) is 132 Å². The minimum absolute atomic E-state index is 0.0670. The molecule has 1 aromatic carbocycles. The molecule has 0 saturated carbocycles. The number of nitrogens with two attached hydrogens (primary N) is 1. The van der Waals surface area contributed by atoms with Crippen molar-refractivity contribution in [1.82, 2.24) is 35.0 Å². The molecule has 3 heterocycles. The molecular weight excluding hydrogens is 710 g/mol. The standard InChI is InChI=1S/C38H57N9O8/c1-3-4-5-13-42-37-36-30(43-38(39)44-37)11-16-47(36)27-29-7-6-28(25-31(29)53-2)26-45-17-19-46(20-18-45)34(50)12-21-54-23-24-55-22-15-41-33(49)10-14-40-32(48)8-9-35(51)52/h6-7,11,16,25H,3-5,8-10,12-15,17-24,26-27H2,1-2H3,(H,40,48)(H,41,49)(H,51,52)(H3,39,42,43,44). The molecule has 3 amide bonds. The van der Waals surface area contributed by atoms with Crippen LogP contribution in [0.15, 0.2) is 30.5 Å². The van der Waals surface area contributed by atoms with E-state index in [0.29, 0.717) is 59.0 Å². The minimum Gasteiger partial charge on any atom is -0.496 e. The van der Waals surface area contributed by atoms with E-state index in [0.717, 1.165) is 79.2 Å². The van der Waals surface area contributed by atoms with Gasteiger partial charge in [-0.1, -0.05) is 31.9 Å². The van der Waals surface area contributed by atoms with Crippen molar-refractivity contribution in [2.24, 2.45) is 0 Å². The Balaban J connectivity index is 1.10. The lowest BCUT2D eigenvalue weighted by Gasteiger charge is -2.35. The van der Waals surface area contributed by atoms with Crippen molar-refractivity contribution in [3.63, 3.8) is 0 Å². The molecule has 0 spiro atoms. The van der Waals surface area contributed by atoms with Crippen molar-refractivity contribution in [3.8, 4) is 5.75 Å². The monoisotopic (exact) mass is 767 g/mol. The second-order valence-electron chi connectivity index (χ2n) is 13.4. The van der Waals surface area contributed by atoms with E-state index in [1.54, 1.807) is 7.11 Å². The van der Waals surface area contributed by atoms with Gasteiger partial charge in [-0.15, -0.1) is 0 Å². The zero-order valence-corrected chi connectivity index (χ0v) is 32.1. The number of ether oxygens (including phenoxy) is 3. The van der Waals surface area contributed by atoms with Crippen LogP contribution in [0.2, 0.25) is 0 Å². The largest absolute Gasteiger partial charge is 0.496 e. The highest BCUT2D eigenvalue weighted by Crippen LogP contribution is 2.27. The number of methoxy groups -OCH3 is 1. The number of aromatic nitrogens is 3. The Kier molecular flexibility index (Phi) is 17.9. The number of hydrogen-bond donors (Lipinski definition) is 5. The van der Waals surface area contributed by atoms with Crippen LogP contribution in [0.25, 0.3) is 11.0 Å². The van der Waals surface area contributed by atoms with Gasteiger partial charge in [-0.05, 0) is 24.1 Å². The first kappa shape index (κ1) is 42.7. The van der Waals surface area contributed by atoms with Crippen LogP contribution in [0.3, 0.4) is 0 Å². The van der Waals surface area contributed by atoms with Crippen LogP contribution in [0.5, 0.6) is 5.75 Å².